The van der Waals surface area contributed by atoms with Gasteiger partial charge < -0.3 is 26.4 Å². The van der Waals surface area contributed by atoms with Crippen LogP contribution in [0.4, 0.5) is 14.9 Å². The number of hydrogen-bond donors (Lipinski definition) is 4. The van der Waals surface area contributed by atoms with E-state index in [0.717, 1.165) is 28.5 Å². The number of benzene rings is 3. The van der Waals surface area contributed by atoms with Crippen LogP contribution in [-0.2, 0) is 21.2 Å². The van der Waals surface area contributed by atoms with Crippen molar-refractivity contribution in [3.63, 3.8) is 0 Å². The van der Waals surface area contributed by atoms with Crippen molar-refractivity contribution in [1.82, 2.24) is 19.8 Å². The van der Waals surface area contributed by atoms with Gasteiger partial charge in [0, 0.05) is 39.6 Å². The van der Waals surface area contributed by atoms with E-state index in [1.54, 1.807) is 14.1 Å². The lowest BCUT2D eigenvalue weighted by molar-refractivity contribution is -0.122. The van der Waals surface area contributed by atoms with E-state index in [4.69, 9.17) is 5.73 Å². The first-order chi connectivity index (χ1) is 20.8. The van der Waals surface area contributed by atoms with Crippen molar-refractivity contribution in [1.29, 1.82) is 0 Å². The van der Waals surface area contributed by atoms with Gasteiger partial charge in [-0.3, -0.25) is 4.79 Å². The number of nitrogens with zero attached hydrogens (tertiary/aromatic N) is 2. The monoisotopic (exact) mass is 629 g/mol. The molecule has 12 heteroatoms. The first-order valence-corrected chi connectivity index (χ1v) is 16.2. The highest BCUT2D eigenvalue weighted by molar-refractivity contribution is 7.89. The smallest absolute Gasteiger partial charge is 0.317 e. The third-order valence-electron chi connectivity index (χ3n) is 7.27. The standard InChI is InChI=1S/C32H44FN5O5S/c1-22(2)20-38(44(42,43)27-14-15-28(33)29(34)19-27)26(21-39)11-7-8-16-35-31(40)30(36-32(41)37(3)4)18-23-12-13-24-9-5-6-10-25(24)17-23/h5-6,9-10,12-15,17,19,22,26,30,39H,7-8,11,16,18,20-21,34H2,1-4H3,(H,35,40)(H,36,41)/t26?,30-/m0/s1. The number of fused-ring (bicyclic) bond motifs is 1. The molecule has 0 saturated heterocycles. The van der Waals surface area contributed by atoms with Gasteiger partial charge in [0.25, 0.3) is 0 Å². The number of anilines is 1. The summed E-state index contributed by atoms with van der Waals surface area (Å²) in [6.45, 7) is 3.79. The number of rotatable bonds is 15. The Hall–Kier alpha value is -3.74. The molecule has 44 heavy (non-hydrogen) atoms. The van der Waals surface area contributed by atoms with Crippen LogP contribution in [-0.4, -0.2) is 80.5 Å². The van der Waals surface area contributed by atoms with Crippen molar-refractivity contribution in [2.45, 2.75) is 56.5 Å². The fourth-order valence-electron chi connectivity index (χ4n) is 4.88. The first kappa shape index (κ1) is 34.7. The normalized spacial score (nSPS) is 13.2. The van der Waals surface area contributed by atoms with Crippen LogP contribution in [0, 0.1) is 11.7 Å². The lowest BCUT2D eigenvalue weighted by Gasteiger charge is -2.31. The Morgan fingerprint density at radius 3 is 2.34 bits per heavy atom. The average molecular weight is 630 g/mol. The second-order valence-corrected chi connectivity index (χ2v) is 13.4. The van der Waals surface area contributed by atoms with Crippen molar-refractivity contribution in [3.05, 3.63) is 72.0 Å². The Labute approximate surface area is 259 Å². The molecule has 2 atom stereocenters. The average Bonchev–Trinajstić information content (AvgIpc) is 2.98. The largest absolute Gasteiger partial charge is 0.396 e. The van der Waals surface area contributed by atoms with E-state index in [1.165, 1.54) is 15.3 Å². The lowest BCUT2D eigenvalue weighted by atomic mass is 10.0. The third kappa shape index (κ3) is 9.38. The fourth-order valence-corrected chi connectivity index (χ4v) is 6.72. The van der Waals surface area contributed by atoms with Gasteiger partial charge in [-0.15, -0.1) is 0 Å². The highest BCUT2D eigenvalue weighted by atomic mass is 32.2. The minimum absolute atomic E-state index is 0.0344. The van der Waals surface area contributed by atoms with Gasteiger partial charge in [-0.05, 0) is 53.3 Å². The Bertz CT molecular complexity index is 1530. The molecule has 0 aliphatic rings. The maximum Gasteiger partial charge on any atom is 0.317 e. The molecule has 240 valence electrons. The molecule has 0 aromatic heterocycles. The number of carbonyl (C=O) groups is 2. The fraction of sp³-hybridized carbons (Fsp3) is 0.438. The van der Waals surface area contributed by atoms with Gasteiger partial charge in [0.05, 0.1) is 17.2 Å². The van der Waals surface area contributed by atoms with E-state index in [-0.39, 0.29) is 35.0 Å². The summed E-state index contributed by atoms with van der Waals surface area (Å²) in [7, 11) is -0.858. The van der Waals surface area contributed by atoms with Crippen LogP contribution < -0.4 is 16.4 Å². The summed E-state index contributed by atoms with van der Waals surface area (Å²) in [4.78, 5) is 26.8. The molecule has 5 N–H and O–H groups in total. The van der Waals surface area contributed by atoms with E-state index >= 15 is 0 Å². The number of unbranched alkanes of at least 4 members (excludes halogenated alkanes) is 1. The van der Waals surface area contributed by atoms with E-state index in [0.29, 0.717) is 32.2 Å². The predicted octanol–water partition coefficient (Wildman–Crippen LogP) is 3.74. The number of urea groups is 1. The van der Waals surface area contributed by atoms with Gasteiger partial charge in [-0.2, -0.15) is 4.31 Å². The van der Waals surface area contributed by atoms with Crippen molar-refractivity contribution < 1.29 is 27.5 Å². The molecule has 0 aliphatic heterocycles. The van der Waals surface area contributed by atoms with Crippen LogP contribution in [0.3, 0.4) is 0 Å². The summed E-state index contributed by atoms with van der Waals surface area (Å²) < 4.78 is 41.9. The van der Waals surface area contributed by atoms with Gasteiger partial charge in [-0.25, -0.2) is 17.6 Å². The number of sulfonamides is 1. The molecule has 3 amide bonds. The molecule has 3 aromatic carbocycles. The number of amides is 3. The zero-order chi connectivity index (χ0) is 32.4. The summed E-state index contributed by atoms with van der Waals surface area (Å²) >= 11 is 0. The third-order valence-corrected chi connectivity index (χ3v) is 9.19. The Kier molecular flexibility index (Phi) is 12.5. The van der Waals surface area contributed by atoms with Gasteiger partial charge >= 0.3 is 6.03 Å². The zero-order valence-corrected chi connectivity index (χ0v) is 26.6. The molecule has 0 fully saturated rings. The molecule has 3 aromatic rings. The van der Waals surface area contributed by atoms with Crippen LogP contribution >= 0.6 is 0 Å². The van der Waals surface area contributed by atoms with Crippen molar-refractivity contribution >= 4 is 38.4 Å². The van der Waals surface area contributed by atoms with Crippen molar-refractivity contribution in [2.24, 2.45) is 5.92 Å². The molecule has 0 bridgehead atoms. The quantitative estimate of drug-likeness (QED) is 0.149. The second kappa shape index (κ2) is 15.8. The first-order valence-electron chi connectivity index (χ1n) is 14.7. The maximum absolute atomic E-state index is 13.7. The van der Waals surface area contributed by atoms with Crippen LogP contribution in [0.15, 0.2) is 65.6 Å². The Morgan fingerprint density at radius 2 is 1.70 bits per heavy atom. The molecule has 10 nitrogen and oxygen atoms in total. The van der Waals surface area contributed by atoms with Crippen LogP contribution in [0.2, 0.25) is 0 Å². The highest BCUT2D eigenvalue weighted by Gasteiger charge is 2.32. The molecule has 0 saturated carbocycles. The molecule has 1 unspecified atom stereocenters. The molecular weight excluding hydrogens is 585 g/mol. The van der Waals surface area contributed by atoms with Gasteiger partial charge in [0.2, 0.25) is 15.9 Å². The van der Waals surface area contributed by atoms with E-state index in [1.807, 2.05) is 56.3 Å². The van der Waals surface area contributed by atoms with E-state index in [2.05, 4.69) is 10.6 Å². The number of nitrogens with one attached hydrogen (secondary N) is 2. The lowest BCUT2D eigenvalue weighted by Crippen LogP contribution is -2.51. The van der Waals surface area contributed by atoms with Crippen LogP contribution in [0.25, 0.3) is 10.8 Å². The number of halogens is 1. The summed E-state index contributed by atoms with van der Waals surface area (Å²) in [5.74, 6) is -1.07. The van der Waals surface area contributed by atoms with Gasteiger partial charge in [-0.1, -0.05) is 62.7 Å². The number of aliphatic hydroxyl groups is 1. The van der Waals surface area contributed by atoms with Crippen LogP contribution in [0.1, 0.15) is 38.7 Å². The SMILES string of the molecule is CC(C)CN(C(CO)CCCCNC(=O)[C@H](Cc1ccc2ccccc2c1)NC(=O)N(C)C)S(=O)(=O)c1ccc(F)c(N)c1. The maximum atomic E-state index is 13.7. The summed E-state index contributed by atoms with van der Waals surface area (Å²) in [6.07, 6.45) is 1.68. The summed E-state index contributed by atoms with van der Waals surface area (Å²) in [5, 5.41) is 18.0. The molecule has 0 radical (unpaired) electrons. The molecule has 0 spiro atoms. The molecular formula is C32H44FN5O5S. The zero-order valence-electron chi connectivity index (χ0n) is 25.8. The number of nitrogen functional groups attached to an aromatic ring is 1. The highest BCUT2D eigenvalue weighted by Crippen LogP contribution is 2.25. The minimum Gasteiger partial charge on any atom is -0.396 e. The predicted molar refractivity (Wildman–Crippen MR) is 171 cm³/mol. The summed E-state index contributed by atoms with van der Waals surface area (Å²) in [6, 6.07) is 15.2. The van der Waals surface area contributed by atoms with E-state index < -0.39 is 34.5 Å². The van der Waals surface area contributed by atoms with Gasteiger partial charge in [0.15, 0.2) is 0 Å². The number of carbonyl (C=O) groups excluding carboxylic acids is 2. The Morgan fingerprint density at radius 1 is 1.00 bits per heavy atom. The number of nitrogens with two attached hydrogens (primary N) is 1. The molecule has 3 rings (SSSR count). The van der Waals surface area contributed by atoms with Crippen molar-refractivity contribution in [2.75, 3.05) is 39.5 Å². The summed E-state index contributed by atoms with van der Waals surface area (Å²) in [5.41, 5.74) is 6.26. The topological polar surface area (TPSA) is 145 Å². The van der Waals surface area contributed by atoms with Gasteiger partial charge in [0.1, 0.15) is 11.9 Å². The number of aliphatic hydroxyl groups excluding tert-OH is 1. The molecule has 0 heterocycles. The number of hydrogen-bond acceptors (Lipinski definition) is 6. The second-order valence-electron chi connectivity index (χ2n) is 11.6. The van der Waals surface area contributed by atoms with Crippen molar-refractivity contribution in [3.8, 4) is 0 Å². The molecule has 0 aliphatic carbocycles. The van der Waals surface area contributed by atoms with E-state index in [9.17, 15) is 27.5 Å². The van der Waals surface area contributed by atoms with Crippen LogP contribution in [0.5, 0.6) is 0 Å². The Balaban J connectivity index is 1.63. The minimum atomic E-state index is -4.06.